The molecule has 1 aromatic rings. The van der Waals surface area contributed by atoms with Crippen LogP contribution in [0.15, 0.2) is 24.3 Å². The SMILES string of the molecule is O=C1COc2ccccc2OCC(=O)NCCNCCN1. The number of hydrogen-bond donors (Lipinski definition) is 3. The van der Waals surface area contributed by atoms with Crippen LogP contribution in [0.1, 0.15) is 0 Å². The summed E-state index contributed by atoms with van der Waals surface area (Å²) in [5.74, 6) is 0.480. The van der Waals surface area contributed by atoms with Crippen LogP contribution < -0.4 is 25.4 Å². The topological polar surface area (TPSA) is 88.7 Å². The molecule has 0 bridgehead atoms. The number of ether oxygens (including phenoxy) is 2. The number of rotatable bonds is 0. The lowest BCUT2D eigenvalue weighted by Gasteiger charge is -2.12. The van der Waals surface area contributed by atoms with Crippen LogP contribution in [0.2, 0.25) is 0 Å². The van der Waals surface area contributed by atoms with Gasteiger partial charge in [-0.05, 0) is 12.1 Å². The van der Waals surface area contributed by atoms with Crippen molar-refractivity contribution in [3.05, 3.63) is 24.3 Å². The number of hydrogen-bond acceptors (Lipinski definition) is 5. The van der Waals surface area contributed by atoms with Gasteiger partial charge in [0, 0.05) is 26.2 Å². The first-order valence-electron chi connectivity index (χ1n) is 6.84. The molecule has 21 heavy (non-hydrogen) atoms. The molecule has 114 valence electrons. The Labute approximate surface area is 123 Å². The lowest BCUT2D eigenvalue weighted by Crippen LogP contribution is -2.38. The highest BCUT2D eigenvalue weighted by Crippen LogP contribution is 2.26. The molecule has 2 amide bonds. The van der Waals surface area contributed by atoms with Crippen molar-refractivity contribution in [1.29, 1.82) is 0 Å². The fourth-order valence-corrected chi connectivity index (χ4v) is 1.78. The average Bonchev–Trinajstić information content (AvgIpc) is 2.50. The fourth-order valence-electron chi connectivity index (χ4n) is 1.78. The molecule has 0 saturated heterocycles. The van der Waals surface area contributed by atoms with Crippen molar-refractivity contribution in [1.82, 2.24) is 16.0 Å². The summed E-state index contributed by atoms with van der Waals surface area (Å²) in [6.07, 6.45) is 0. The Bertz CT molecular complexity index is 450. The van der Waals surface area contributed by atoms with Gasteiger partial charge in [0.15, 0.2) is 24.7 Å². The highest BCUT2D eigenvalue weighted by Gasteiger charge is 2.10. The lowest BCUT2D eigenvalue weighted by molar-refractivity contribution is -0.124. The van der Waals surface area contributed by atoms with Gasteiger partial charge in [-0.15, -0.1) is 0 Å². The van der Waals surface area contributed by atoms with E-state index in [9.17, 15) is 9.59 Å². The highest BCUT2D eigenvalue weighted by molar-refractivity contribution is 5.78. The first-order chi connectivity index (χ1) is 10.3. The standard InChI is InChI=1S/C14H19N3O4/c18-13-9-20-11-3-1-2-4-12(11)21-10-14(19)17-8-6-15-5-7-16-13/h1-4,15H,5-10H2,(H,16,18)(H,17,19). The molecule has 0 atom stereocenters. The third kappa shape index (κ3) is 5.31. The molecule has 1 aliphatic rings. The molecular weight excluding hydrogens is 274 g/mol. The number of fused-ring (bicyclic) bond motifs is 1. The van der Waals surface area contributed by atoms with E-state index in [1.165, 1.54) is 0 Å². The van der Waals surface area contributed by atoms with Gasteiger partial charge in [0.1, 0.15) is 0 Å². The zero-order valence-electron chi connectivity index (χ0n) is 11.7. The Kier molecular flexibility index (Phi) is 5.83. The third-order valence-corrected chi connectivity index (χ3v) is 2.81. The van der Waals surface area contributed by atoms with Crippen molar-refractivity contribution in [3.8, 4) is 11.5 Å². The Hall–Kier alpha value is -2.28. The number of nitrogens with one attached hydrogen (secondary N) is 3. The number of para-hydroxylation sites is 2. The molecule has 3 N–H and O–H groups in total. The van der Waals surface area contributed by atoms with E-state index in [-0.39, 0.29) is 25.0 Å². The van der Waals surface area contributed by atoms with Gasteiger partial charge >= 0.3 is 0 Å². The van der Waals surface area contributed by atoms with Crippen LogP contribution in [0.5, 0.6) is 11.5 Å². The van der Waals surface area contributed by atoms with Crippen molar-refractivity contribution in [3.63, 3.8) is 0 Å². The first-order valence-corrected chi connectivity index (χ1v) is 6.84. The number of carbonyl (C=O) groups excluding carboxylic acids is 2. The molecule has 0 aromatic heterocycles. The quantitative estimate of drug-likeness (QED) is 0.587. The van der Waals surface area contributed by atoms with E-state index in [4.69, 9.17) is 9.47 Å². The Morgan fingerprint density at radius 3 is 1.71 bits per heavy atom. The summed E-state index contributed by atoms with van der Waals surface area (Å²) >= 11 is 0. The fraction of sp³-hybridized carbons (Fsp3) is 0.429. The summed E-state index contributed by atoms with van der Waals surface area (Å²) < 4.78 is 10.8. The lowest BCUT2D eigenvalue weighted by atomic mass is 10.3. The summed E-state index contributed by atoms with van der Waals surface area (Å²) in [7, 11) is 0. The second kappa shape index (κ2) is 8.11. The summed E-state index contributed by atoms with van der Waals surface area (Å²) in [5.41, 5.74) is 0. The van der Waals surface area contributed by atoms with Crippen molar-refractivity contribution < 1.29 is 19.1 Å². The van der Waals surface area contributed by atoms with Crippen LogP contribution in [0.3, 0.4) is 0 Å². The maximum atomic E-state index is 11.6. The zero-order valence-corrected chi connectivity index (χ0v) is 11.7. The van der Waals surface area contributed by atoms with E-state index in [2.05, 4.69) is 16.0 Å². The van der Waals surface area contributed by atoms with Gasteiger partial charge < -0.3 is 25.4 Å². The van der Waals surface area contributed by atoms with Gasteiger partial charge in [-0.1, -0.05) is 12.1 Å². The molecule has 1 aromatic carbocycles. The minimum atomic E-state index is -0.198. The Morgan fingerprint density at radius 1 is 0.762 bits per heavy atom. The third-order valence-electron chi connectivity index (χ3n) is 2.81. The second-order valence-electron chi connectivity index (χ2n) is 4.47. The predicted octanol–water partition coefficient (Wildman–Crippen LogP) is -0.720. The highest BCUT2D eigenvalue weighted by atomic mass is 16.5. The summed E-state index contributed by atoms with van der Waals surface area (Å²) in [5, 5.41) is 8.58. The maximum absolute atomic E-state index is 11.6. The normalized spacial score (nSPS) is 17.9. The largest absolute Gasteiger partial charge is 0.480 e. The van der Waals surface area contributed by atoms with Gasteiger partial charge in [0.2, 0.25) is 0 Å². The molecule has 7 nitrogen and oxygen atoms in total. The minimum Gasteiger partial charge on any atom is -0.480 e. The molecule has 0 radical (unpaired) electrons. The Morgan fingerprint density at radius 2 is 1.24 bits per heavy atom. The summed E-state index contributed by atoms with van der Waals surface area (Å²) in [6, 6.07) is 6.94. The van der Waals surface area contributed by atoms with E-state index in [0.717, 1.165) is 0 Å². The van der Waals surface area contributed by atoms with Crippen molar-refractivity contribution in [2.24, 2.45) is 0 Å². The minimum absolute atomic E-state index is 0.0907. The van der Waals surface area contributed by atoms with E-state index in [1.807, 2.05) is 0 Å². The van der Waals surface area contributed by atoms with Crippen molar-refractivity contribution >= 4 is 11.8 Å². The van der Waals surface area contributed by atoms with E-state index >= 15 is 0 Å². The van der Waals surface area contributed by atoms with Crippen LogP contribution >= 0.6 is 0 Å². The molecule has 7 heteroatoms. The number of carbonyl (C=O) groups is 2. The summed E-state index contributed by atoms with van der Waals surface area (Å²) in [4.78, 5) is 23.2. The van der Waals surface area contributed by atoms with Crippen molar-refractivity contribution in [2.45, 2.75) is 0 Å². The van der Waals surface area contributed by atoms with E-state index in [0.29, 0.717) is 37.7 Å². The van der Waals surface area contributed by atoms with Gasteiger partial charge in [-0.25, -0.2) is 0 Å². The van der Waals surface area contributed by atoms with Gasteiger partial charge in [-0.3, -0.25) is 9.59 Å². The molecule has 0 fully saturated rings. The first kappa shape index (κ1) is 15.1. The van der Waals surface area contributed by atoms with Crippen LogP contribution in [-0.2, 0) is 9.59 Å². The molecule has 2 rings (SSSR count). The van der Waals surface area contributed by atoms with Crippen molar-refractivity contribution in [2.75, 3.05) is 39.4 Å². The predicted molar refractivity (Wildman–Crippen MR) is 76.3 cm³/mol. The average molecular weight is 293 g/mol. The number of benzene rings is 1. The van der Waals surface area contributed by atoms with Gasteiger partial charge in [0.05, 0.1) is 0 Å². The smallest absolute Gasteiger partial charge is 0.257 e. The summed E-state index contributed by atoms with van der Waals surface area (Å²) in [6.45, 7) is 2.10. The van der Waals surface area contributed by atoms with Crippen LogP contribution in [0.4, 0.5) is 0 Å². The van der Waals surface area contributed by atoms with E-state index < -0.39 is 0 Å². The molecule has 1 aliphatic heterocycles. The molecular formula is C14H19N3O4. The molecule has 0 saturated carbocycles. The van der Waals surface area contributed by atoms with Crippen LogP contribution in [0, 0.1) is 0 Å². The zero-order chi connectivity index (χ0) is 14.9. The molecule has 1 heterocycles. The number of amides is 2. The second-order valence-corrected chi connectivity index (χ2v) is 4.47. The van der Waals surface area contributed by atoms with E-state index in [1.54, 1.807) is 24.3 Å². The molecule has 0 spiro atoms. The molecule has 0 unspecified atom stereocenters. The van der Waals surface area contributed by atoms with Gasteiger partial charge in [-0.2, -0.15) is 0 Å². The van der Waals surface area contributed by atoms with Gasteiger partial charge in [0.25, 0.3) is 11.8 Å². The van der Waals surface area contributed by atoms with Crippen LogP contribution in [-0.4, -0.2) is 51.2 Å². The Balaban J connectivity index is 2.02. The molecule has 0 aliphatic carbocycles. The monoisotopic (exact) mass is 293 g/mol. The van der Waals surface area contributed by atoms with Crippen LogP contribution in [0.25, 0.3) is 0 Å². The maximum Gasteiger partial charge on any atom is 0.257 e.